The lowest BCUT2D eigenvalue weighted by Gasteiger charge is -2.27. The van der Waals surface area contributed by atoms with Gasteiger partial charge >= 0.3 is 0 Å². The minimum absolute atomic E-state index is 0.0820. The first kappa shape index (κ1) is 19.4. The Bertz CT molecular complexity index is 758. The molecule has 1 aliphatic heterocycles. The Morgan fingerprint density at radius 1 is 1.30 bits per heavy atom. The van der Waals surface area contributed by atoms with Gasteiger partial charge in [0.2, 0.25) is 11.8 Å². The zero-order valence-electron chi connectivity index (χ0n) is 15.8. The van der Waals surface area contributed by atoms with Gasteiger partial charge in [-0.3, -0.25) is 9.59 Å². The number of carbonyl (C=O) groups excluding carboxylic acids is 2. The Morgan fingerprint density at radius 2 is 2.07 bits per heavy atom. The van der Waals surface area contributed by atoms with Crippen molar-refractivity contribution in [3.63, 3.8) is 0 Å². The molecule has 3 rings (SSSR count). The molecule has 5 nitrogen and oxygen atoms in total. The normalized spacial score (nSPS) is 17.6. The number of rotatable bonds is 7. The monoisotopic (exact) mass is 386 g/mol. The quantitative estimate of drug-likeness (QED) is 0.780. The van der Waals surface area contributed by atoms with Crippen molar-refractivity contribution < 1.29 is 14.3 Å². The van der Waals surface area contributed by atoms with Gasteiger partial charge in [0, 0.05) is 18.3 Å². The third kappa shape index (κ3) is 4.89. The smallest absolute Gasteiger partial charge is 0.225 e. The van der Waals surface area contributed by atoms with Crippen LogP contribution in [0.15, 0.2) is 41.8 Å². The Morgan fingerprint density at radius 3 is 2.70 bits per heavy atom. The molecule has 2 heterocycles. The molecule has 2 amide bonds. The van der Waals surface area contributed by atoms with Gasteiger partial charge in [0.1, 0.15) is 5.75 Å². The molecule has 27 heavy (non-hydrogen) atoms. The van der Waals surface area contributed by atoms with E-state index >= 15 is 0 Å². The number of nitrogens with one attached hydrogen (secondary N) is 1. The van der Waals surface area contributed by atoms with Crippen LogP contribution in [0.1, 0.15) is 55.6 Å². The second-order valence-electron chi connectivity index (χ2n) is 6.72. The average Bonchev–Trinajstić information content (AvgIpc) is 3.34. The van der Waals surface area contributed by atoms with E-state index in [1.165, 1.54) is 6.92 Å². The SMILES string of the molecule is CCOc1ccc(C2CCCN2C(=O)CC(NC(C)=O)c2cccs2)cc1. The number of likely N-dealkylation sites (tertiary alicyclic amines) is 1. The van der Waals surface area contributed by atoms with Crippen LogP contribution in [0.5, 0.6) is 5.75 Å². The molecule has 6 heteroatoms. The summed E-state index contributed by atoms with van der Waals surface area (Å²) < 4.78 is 5.51. The van der Waals surface area contributed by atoms with E-state index in [0.29, 0.717) is 6.61 Å². The van der Waals surface area contributed by atoms with Gasteiger partial charge in [-0.2, -0.15) is 0 Å². The predicted molar refractivity (Wildman–Crippen MR) is 107 cm³/mol. The van der Waals surface area contributed by atoms with E-state index in [2.05, 4.69) is 5.32 Å². The van der Waals surface area contributed by atoms with Crippen molar-refractivity contribution in [1.82, 2.24) is 10.2 Å². The Balaban J connectivity index is 1.71. The summed E-state index contributed by atoms with van der Waals surface area (Å²) >= 11 is 1.56. The highest BCUT2D eigenvalue weighted by atomic mass is 32.1. The largest absolute Gasteiger partial charge is 0.494 e. The van der Waals surface area contributed by atoms with Crippen LogP contribution in [0.4, 0.5) is 0 Å². The maximum absolute atomic E-state index is 13.0. The summed E-state index contributed by atoms with van der Waals surface area (Å²) in [5.41, 5.74) is 1.14. The number of ether oxygens (including phenoxy) is 1. The zero-order chi connectivity index (χ0) is 19.2. The lowest BCUT2D eigenvalue weighted by Crippen LogP contribution is -2.35. The summed E-state index contributed by atoms with van der Waals surface area (Å²) in [6.45, 7) is 4.85. The molecular formula is C21H26N2O3S. The molecule has 2 aromatic rings. The van der Waals surface area contributed by atoms with Crippen molar-refractivity contribution in [2.24, 2.45) is 0 Å². The van der Waals surface area contributed by atoms with Crippen LogP contribution in [0, 0.1) is 0 Å². The molecule has 1 N–H and O–H groups in total. The minimum atomic E-state index is -0.267. The van der Waals surface area contributed by atoms with Crippen LogP contribution in [0.25, 0.3) is 0 Å². The lowest BCUT2D eigenvalue weighted by molar-refractivity contribution is -0.133. The van der Waals surface area contributed by atoms with Crippen LogP contribution < -0.4 is 10.1 Å². The number of nitrogens with zero attached hydrogens (tertiary/aromatic N) is 1. The second kappa shape index (κ2) is 9.04. The second-order valence-corrected chi connectivity index (χ2v) is 7.70. The van der Waals surface area contributed by atoms with E-state index < -0.39 is 0 Å². The van der Waals surface area contributed by atoms with Crippen LogP contribution >= 0.6 is 11.3 Å². The van der Waals surface area contributed by atoms with Gasteiger partial charge in [0.05, 0.1) is 25.1 Å². The van der Waals surface area contributed by atoms with E-state index in [4.69, 9.17) is 4.74 Å². The summed E-state index contributed by atoms with van der Waals surface area (Å²) in [6.07, 6.45) is 2.24. The van der Waals surface area contributed by atoms with Crippen LogP contribution in [-0.4, -0.2) is 29.9 Å². The van der Waals surface area contributed by atoms with Gasteiger partial charge in [0.25, 0.3) is 0 Å². The van der Waals surface area contributed by atoms with Crippen LogP contribution in [-0.2, 0) is 9.59 Å². The maximum atomic E-state index is 13.0. The fourth-order valence-corrected chi connectivity index (χ4v) is 4.39. The molecule has 0 saturated carbocycles. The van der Waals surface area contributed by atoms with Gasteiger partial charge in [-0.1, -0.05) is 18.2 Å². The lowest BCUT2D eigenvalue weighted by atomic mass is 10.0. The van der Waals surface area contributed by atoms with E-state index in [-0.39, 0.29) is 30.3 Å². The topological polar surface area (TPSA) is 58.6 Å². The van der Waals surface area contributed by atoms with Gasteiger partial charge in [0.15, 0.2) is 0 Å². The van der Waals surface area contributed by atoms with Crippen molar-refractivity contribution in [2.75, 3.05) is 13.2 Å². The van der Waals surface area contributed by atoms with Crippen molar-refractivity contribution in [2.45, 2.75) is 45.2 Å². The zero-order valence-corrected chi connectivity index (χ0v) is 16.6. The molecular weight excluding hydrogens is 360 g/mol. The summed E-state index contributed by atoms with van der Waals surface area (Å²) in [4.78, 5) is 27.6. The molecule has 0 aliphatic carbocycles. The average molecular weight is 387 g/mol. The van der Waals surface area contributed by atoms with Crippen molar-refractivity contribution in [3.05, 3.63) is 52.2 Å². The number of hydrogen-bond acceptors (Lipinski definition) is 4. The highest BCUT2D eigenvalue weighted by Crippen LogP contribution is 2.34. The molecule has 0 spiro atoms. The first-order valence-corrected chi connectivity index (χ1v) is 10.3. The fourth-order valence-electron chi connectivity index (χ4n) is 3.61. The molecule has 1 aromatic carbocycles. The third-order valence-corrected chi connectivity index (χ3v) is 5.78. The molecule has 0 bridgehead atoms. The summed E-state index contributed by atoms with van der Waals surface area (Å²) in [6, 6.07) is 11.8. The highest BCUT2D eigenvalue weighted by molar-refractivity contribution is 7.10. The van der Waals surface area contributed by atoms with Crippen molar-refractivity contribution in [3.8, 4) is 5.75 Å². The number of hydrogen-bond donors (Lipinski definition) is 1. The molecule has 1 saturated heterocycles. The predicted octanol–water partition coefficient (Wildman–Crippen LogP) is 4.08. The summed E-state index contributed by atoms with van der Waals surface area (Å²) in [7, 11) is 0. The van der Waals surface area contributed by atoms with Gasteiger partial charge in [-0.05, 0) is 48.9 Å². The summed E-state index contributed by atoms with van der Waals surface area (Å²) in [5, 5.41) is 4.89. The molecule has 2 unspecified atom stereocenters. The van der Waals surface area contributed by atoms with Crippen molar-refractivity contribution >= 4 is 23.2 Å². The molecule has 1 aliphatic rings. The maximum Gasteiger partial charge on any atom is 0.225 e. The van der Waals surface area contributed by atoms with Crippen molar-refractivity contribution in [1.29, 1.82) is 0 Å². The Labute approximate surface area is 164 Å². The molecule has 144 valence electrons. The van der Waals surface area contributed by atoms with E-state index in [1.54, 1.807) is 11.3 Å². The number of benzene rings is 1. The van der Waals surface area contributed by atoms with Crippen LogP contribution in [0.2, 0.25) is 0 Å². The minimum Gasteiger partial charge on any atom is -0.494 e. The van der Waals surface area contributed by atoms with Gasteiger partial charge in [-0.15, -0.1) is 11.3 Å². The summed E-state index contributed by atoms with van der Waals surface area (Å²) in [5.74, 6) is 0.810. The standard InChI is InChI=1S/C21H26N2O3S/c1-3-26-17-10-8-16(9-11-17)19-6-4-12-23(19)21(25)14-18(22-15(2)24)20-7-5-13-27-20/h5,7-11,13,18-19H,3-4,6,12,14H2,1-2H3,(H,22,24). The van der Waals surface area contributed by atoms with Crippen LogP contribution in [0.3, 0.4) is 0 Å². The van der Waals surface area contributed by atoms with E-state index in [1.807, 2.05) is 53.6 Å². The molecule has 1 fully saturated rings. The molecule has 0 radical (unpaired) electrons. The van der Waals surface area contributed by atoms with E-state index in [9.17, 15) is 9.59 Å². The van der Waals surface area contributed by atoms with E-state index in [0.717, 1.165) is 35.6 Å². The molecule has 2 atom stereocenters. The first-order chi connectivity index (χ1) is 13.1. The number of thiophene rings is 1. The highest BCUT2D eigenvalue weighted by Gasteiger charge is 2.31. The van der Waals surface area contributed by atoms with Gasteiger partial charge in [-0.25, -0.2) is 0 Å². The fraction of sp³-hybridized carbons (Fsp3) is 0.429. The Hall–Kier alpha value is -2.34. The van der Waals surface area contributed by atoms with Gasteiger partial charge < -0.3 is 15.0 Å². The Kier molecular flexibility index (Phi) is 6.50. The number of amides is 2. The third-order valence-electron chi connectivity index (χ3n) is 4.79. The first-order valence-electron chi connectivity index (χ1n) is 9.41. The molecule has 1 aromatic heterocycles. The number of carbonyl (C=O) groups is 2.